The number of hydrogen-bond acceptors (Lipinski definition) is 4. The van der Waals surface area contributed by atoms with Crippen molar-refractivity contribution in [3.05, 3.63) is 47.9 Å². The number of carboxylic acids is 1. The standard InChI is InChI=1S/C10H9NO2.CH4O3S/c12-10(13)8-4-6-11-5-2-1-3-9(11)7-8;1-5(2,3)4/h1-4,6-7H,5H2,(H,12,13);1H3,(H,2,3,4). The Labute approximate surface area is 105 Å². The third-order valence-corrected chi connectivity index (χ3v) is 2.02. The lowest BCUT2D eigenvalue weighted by molar-refractivity contribution is -0.132. The molecular formula is C11H13NO5S. The predicted molar refractivity (Wildman–Crippen MR) is 66.3 cm³/mol. The number of aliphatic carboxylic acids is 1. The van der Waals surface area contributed by atoms with Gasteiger partial charge in [0.25, 0.3) is 10.1 Å². The molecule has 0 amide bonds. The van der Waals surface area contributed by atoms with Gasteiger partial charge in [0.2, 0.25) is 0 Å². The molecule has 2 N–H and O–H groups in total. The van der Waals surface area contributed by atoms with Gasteiger partial charge >= 0.3 is 5.97 Å². The molecule has 7 heteroatoms. The minimum atomic E-state index is -3.67. The summed E-state index contributed by atoms with van der Waals surface area (Å²) in [4.78, 5) is 12.6. The monoisotopic (exact) mass is 271 g/mol. The van der Waals surface area contributed by atoms with Crippen molar-refractivity contribution < 1.29 is 22.9 Å². The number of allylic oxidation sites excluding steroid dienone is 3. The Hall–Kier alpha value is -1.86. The second-order valence-corrected chi connectivity index (χ2v) is 5.09. The lowest BCUT2D eigenvalue weighted by atomic mass is 10.1. The van der Waals surface area contributed by atoms with Gasteiger partial charge in [0.15, 0.2) is 0 Å². The van der Waals surface area contributed by atoms with Gasteiger partial charge in [-0.1, -0.05) is 12.2 Å². The third-order valence-electron chi connectivity index (χ3n) is 2.02. The van der Waals surface area contributed by atoms with Gasteiger partial charge in [-0.15, -0.1) is 0 Å². The maximum absolute atomic E-state index is 10.6. The highest BCUT2D eigenvalue weighted by molar-refractivity contribution is 7.85. The van der Waals surface area contributed by atoms with E-state index in [0.29, 0.717) is 11.8 Å². The highest BCUT2D eigenvalue weighted by Crippen LogP contribution is 2.19. The fourth-order valence-electron chi connectivity index (χ4n) is 1.33. The van der Waals surface area contributed by atoms with E-state index < -0.39 is 16.1 Å². The zero-order chi connectivity index (χ0) is 13.8. The number of carboxylic acid groups (broad SMARTS) is 1. The normalized spacial score (nSPS) is 17.1. The highest BCUT2D eigenvalue weighted by atomic mass is 32.2. The van der Waals surface area contributed by atoms with Gasteiger partial charge in [0, 0.05) is 18.4 Å². The third kappa shape index (κ3) is 4.98. The molecular weight excluding hydrogens is 258 g/mol. The van der Waals surface area contributed by atoms with Crippen LogP contribution in [0, 0.1) is 0 Å². The van der Waals surface area contributed by atoms with Gasteiger partial charge in [0.1, 0.15) is 0 Å². The fourth-order valence-corrected chi connectivity index (χ4v) is 1.33. The molecule has 0 aromatic carbocycles. The lowest BCUT2D eigenvalue weighted by Gasteiger charge is -2.25. The summed E-state index contributed by atoms with van der Waals surface area (Å²) in [6, 6.07) is 0. The maximum atomic E-state index is 10.6. The van der Waals surface area contributed by atoms with E-state index in [-0.39, 0.29) is 0 Å². The second kappa shape index (κ2) is 5.65. The summed E-state index contributed by atoms with van der Waals surface area (Å²) in [5, 5.41) is 8.75. The maximum Gasteiger partial charge on any atom is 0.335 e. The molecule has 0 fully saturated rings. The van der Waals surface area contributed by atoms with Crippen LogP contribution < -0.4 is 0 Å². The molecule has 0 atom stereocenters. The van der Waals surface area contributed by atoms with Crippen LogP contribution in [0.1, 0.15) is 0 Å². The Morgan fingerprint density at radius 2 is 2.06 bits per heavy atom. The van der Waals surface area contributed by atoms with Crippen LogP contribution >= 0.6 is 0 Å². The number of hydrogen-bond donors (Lipinski definition) is 2. The van der Waals surface area contributed by atoms with Crippen LogP contribution in [0.4, 0.5) is 0 Å². The Kier molecular flexibility index (Phi) is 4.46. The minimum Gasteiger partial charge on any atom is -0.478 e. The van der Waals surface area contributed by atoms with Gasteiger partial charge in [-0.2, -0.15) is 8.42 Å². The number of nitrogens with zero attached hydrogens (tertiary/aromatic N) is 1. The first-order chi connectivity index (χ1) is 8.27. The van der Waals surface area contributed by atoms with E-state index in [0.717, 1.165) is 12.2 Å². The Bertz CT molecular complexity index is 546. The van der Waals surface area contributed by atoms with Crippen molar-refractivity contribution in [1.82, 2.24) is 4.90 Å². The molecule has 2 heterocycles. The molecule has 0 aromatic heterocycles. The first-order valence-corrected chi connectivity index (χ1v) is 6.81. The minimum absolute atomic E-state index is 0.331. The molecule has 0 unspecified atom stereocenters. The molecule has 2 aliphatic rings. The van der Waals surface area contributed by atoms with Crippen molar-refractivity contribution in [2.75, 3.05) is 12.8 Å². The van der Waals surface area contributed by atoms with Crippen molar-refractivity contribution in [3.8, 4) is 0 Å². The Morgan fingerprint density at radius 1 is 1.44 bits per heavy atom. The van der Waals surface area contributed by atoms with E-state index in [9.17, 15) is 13.2 Å². The predicted octanol–water partition coefficient (Wildman–Crippen LogP) is 0.784. The van der Waals surface area contributed by atoms with Crippen molar-refractivity contribution in [1.29, 1.82) is 0 Å². The molecule has 0 spiro atoms. The second-order valence-electron chi connectivity index (χ2n) is 3.63. The van der Waals surface area contributed by atoms with Crippen LogP contribution in [0.25, 0.3) is 0 Å². The Balaban J connectivity index is 0.000000280. The summed E-state index contributed by atoms with van der Waals surface area (Å²) in [6.45, 7) is 0.811. The van der Waals surface area contributed by atoms with E-state index >= 15 is 0 Å². The van der Waals surface area contributed by atoms with E-state index in [2.05, 4.69) is 0 Å². The fraction of sp³-hybridized carbons (Fsp3) is 0.182. The molecule has 0 radical (unpaired) electrons. The van der Waals surface area contributed by atoms with Crippen LogP contribution in [0.5, 0.6) is 0 Å². The summed E-state index contributed by atoms with van der Waals surface area (Å²) >= 11 is 0. The zero-order valence-electron chi connectivity index (χ0n) is 9.65. The van der Waals surface area contributed by atoms with E-state index in [1.165, 1.54) is 0 Å². The molecule has 6 nitrogen and oxygen atoms in total. The Morgan fingerprint density at radius 3 is 2.61 bits per heavy atom. The summed E-state index contributed by atoms with van der Waals surface area (Å²) in [7, 11) is -3.67. The number of rotatable bonds is 1. The number of carbonyl (C=O) groups is 1. The zero-order valence-corrected chi connectivity index (χ0v) is 10.5. The van der Waals surface area contributed by atoms with E-state index in [4.69, 9.17) is 9.66 Å². The molecule has 0 aromatic rings. The van der Waals surface area contributed by atoms with Gasteiger partial charge in [0.05, 0.1) is 11.8 Å². The van der Waals surface area contributed by atoms with Crippen molar-refractivity contribution >= 4 is 16.1 Å². The van der Waals surface area contributed by atoms with Crippen molar-refractivity contribution in [2.24, 2.45) is 0 Å². The highest BCUT2D eigenvalue weighted by Gasteiger charge is 2.14. The van der Waals surface area contributed by atoms with Gasteiger partial charge in [-0.05, 0) is 18.2 Å². The number of fused-ring (bicyclic) bond motifs is 1. The smallest absolute Gasteiger partial charge is 0.335 e. The SMILES string of the molecule is CS(=O)(=O)O.O=C(O)C1=CC2=CC=CCN2C=C1. The van der Waals surface area contributed by atoms with Gasteiger partial charge < -0.3 is 10.0 Å². The van der Waals surface area contributed by atoms with Crippen molar-refractivity contribution in [2.45, 2.75) is 0 Å². The summed E-state index contributed by atoms with van der Waals surface area (Å²) in [5.74, 6) is -0.883. The molecule has 0 aliphatic carbocycles. The average molecular weight is 271 g/mol. The molecule has 2 rings (SSSR count). The molecule has 0 saturated heterocycles. The van der Waals surface area contributed by atoms with E-state index in [1.807, 2.05) is 23.1 Å². The summed E-state index contributed by atoms with van der Waals surface area (Å²) < 4.78 is 25.9. The first kappa shape index (κ1) is 14.2. The van der Waals surface area contributed by atoms with Crippen molar-refractivity contribution in [3.63, 3.8) is 0 Å². The molecule has 98 valence electrons. The van der Waals surface area contributed by atoms with Gasteiger partial charge in [-0.25, -0.2) is 4.79 Å². The molecule has 2 aliphatic heterocycles. The lowest BCUT2D eigenvalue weighted by Crippen LogP contribution is -2.21. The summed E-state index contributed by atoms with van der Waals surface area (Å²) in [6.07, 6.45) is 11.6. The quantitative estimate of drug-likeness (QED) is 0.684. The van der Waals surface area contributed by atoms with E-state index in [1.54, 1.807) is 18.4 Å². The van der Waals surface area contributed by atoms with Crippen LogP contribution in [0.15, 0.2) is 47.9 Å². The van der Waals surface area contributed by atoms with Crippen LogP contribution in [-0.2, 0) is 14.9 Å². The molecule has 18 heavy (non-hydrogen) atoms. The molecule has 0 saturated carbocycles. The largest absolute Gasteiger partial charge is 0.478 e. The van der Waals surface area contributed by atoms with Crippen LogP contribution in [0.2, 0.25) is 0 Å². The first-order valence-electron chi connectivity index (χ1n) is 4.96. The topological polar surface area (TPSA) is 94.9 Å². The average Bonchev–Trinajstić information content (AvgIpc) is 2.26. The summed E-state index contributed by atoms with van der Waals surface area (Å²) in [5.41, 5.74) is 1.26. The van der Waals surface area contributed by atoms with Gasteiger partial charge in [-0.3, -0.25) is 4.55 Å². The van der Waals surface area contributed by atoms with Crippen LogP contribution in [-0.4, -0.2) is 41.7 Å². The molecule has 0 bridgehead atoms. The van der Waals surface area contributed by atoms with Crippen LogP contribution in [0.3, 0.4) is 0 Å².